The molecule has 0 saturated carbocycles. The third kappa shape index (κ3) is 6.93. The van der Waals surface area contributed by atoms with Crippen LogP contribution in [0.25, 0.3) is 0 Å². The lowest BCUT2D eigenvalue weighted by Gasteiger charge is -2.10. The Balaban J connectivity index is 0.00000312. The molecule has 0 radical (unpaired) electrons. The maximum atomic E-state index is 5.92. The van der Waals surface area contributed by atoms with Crippen LogP contribution in [0.2, 0.25) is 0 Å². The van der Waals surface area contributed by atoms with Gasteiger partial charge in [0.1, 0.15) is 18.1 Å². The first-order valence-corrected chi connectivity index (χ1v) is 7.58. The highest BCUT2D eigenvalue weighted by Gasteiger charge is 2.02. The second-order valence-corrected chi connectivity index (χ2v) is 4.98. The van der Waals surface area contributed by atoms with Crippen molar-refractivity contribution in [3.05, 3.63) is 54.1 Å². The van der Waals surface area contributed by atoms with Gasteiger partial charge in [-0.25, -0.2) is 0 Å². The van der Waals surface area contributed by atoms with E-state index < -0.39 is 0 Å². The van der Waals surface area contributed by atoms with E-state index in [1.165, 1.54) is 0 Å². The minimum Gasteiger partial charge on any atom is -0.495 e. The predicted octanol–water partition coefficient (Wildman–Crippen LogP) is 3.29. The molecule has 6 heteroatoms. The molecule has 0 saturated heterocycles. The number of nitrogens with two attached hydrogens (primary N) is 1. The molecule has 0 heterocycles. The van der Waals surface area contributed by atoms with Crippen molar-refractivity contribution in [2.45, 2.75) is 6.42 Å². The number of hydrogen-bond donors (Lipinski definition) is 2. The highest BCUT2D eigenvalue weighted by atomic mass is 127. The maximum Gasteiger partial charge on any atom is 0.193 e. The molecule has 0 fully saturated rings. The van der Waals surface area contributed by atoms with Crippen LogP contribution in [0, 0.1) is 12.3 Å². The normalized spacial score (nSPS) is 10.3. The Morgan fingerprint density at radius 3 is 2.60 bits per heavy atom. The molecule has 2 rings (SSSR count). The molecule has 0 spiro atoms. The van der Waals surface area contributed by atoms with Crippen molar-refractivity contribution >= 4 is 35.6 Å². The predicted molar refractivity (Wildman–Crippen MR) is 113 cm³/mol. The summed E-state index contributed by atoms with van der Waals surface area (Å²) < 4.78 is 10.6. The smallest absolute Gasteiger partial charge is 0.193 e. The van der Waals surface area contributed by atoms with Crippen LogP contribution >= 0.6 is 24.0 Å². The zero-order chi connectivity index (χ0) is 17.2. The molecule has 0 amide bonds. The molecular weight excluding hydrogens is 429 g/mol. The van der Waals surface area contributed by atoms with E-state index in [0.29, 0.717) is 12.5 Å². The van der Waals surface area contributed by atoms with Crippen LogP contribution in [0.1, 0.15) is 5.56 Å². The molecule has 2 aromatic rings. The van der Waals surface area contributed by atoms with Crippen LogP contribution in [0.15, 0.2) is 53.5 Å². The molecule has 0 aliphatic rings. The van der Waals surface area contributed by atoms with Gasteiger partial charge in [0.15, 0.2) is 5.96 Å². The number of para-hydroxylation sites is 2. The van der Waals surface area contributed by atoms with Crippen molar-refractivity contribution in [1.29, 1.82) is 0 Å². The fourth-order valence-corrected chi connectivity index (χ4v) is 2.11. The van der Waals surface area contributed by atoms with Crippen LogP contribution in [-0.4, -0.2) is 26.2 Å². The summed E-state index contributed by atoms with van der Waals surface area (Å²) in [6.07, 6.45) is 5.94. The largest absolute Gasteiger partial charge is 0.495 e. The molecule has 25 heavy (non-hydrogen) atoms. The molecule has 0 unspecified atom stereocenters. The SMILES string of the molecule is C#CCOc1ccc(CCN=C(N)Nc2ccccc2OC)cc1.I. The van der Waals surface area contributed by atoms with Gasteiger partial charge < -0.3 is 20.5 Å². The first kappa shape index (κ1) is 20.6. The topological polar surface area (TPSA) is 68.9 Å². The molecule has 0 aliphatic carbocycles. The van der Waals surface area contributed by atoms with E-state index in [2.05, 4.69) is 16.2 Å². The summed E-state index contributed by atoms with van der Waals surface area (Å²) in [5, 5.41) is 3.04. The second kappa shape index (κ2) is 11.2. The minimum absolute atomic E-state index is 0. The van der Waals surface area contributed by atoms with E-state index in [1.807, 2.05) is 48.5 Å². The van der Waals surface area contributed by atoms with Gasteiger partial charge in [0.25, 0.3) is 0 Å². The summed E-state index contributed by atoms with van der Waals surface area (Å²) in [5.41, 5.74) is 7.86. The number of methoxy groups -OCH3 is 1. The summed E-state index contributed by atoms with van der Waals surface area (Å²) in [4.78, 5) is 4.33. The number of terminal acetylenes is 1. The van der Waals surface area contributed by atoms with Crippen LogP contribution in [-0.2, 0) is 6.42 Å². The Labute approximate surface area is 165 Å². The molecule has 0 aliphatic heterocycles. The number of aliphatic imine (C=N–C) groups is 1. The van der Waals surface area contributed by atoms with Crippen molar-refractivity contribution in [3.63, 3.8) is 0 Å². The molecule has 0 bridgehead atoms. The lowest BCUT2D eigenvalue weighted by molar-refractivity contribution is 0.370. The standard InChI is InChI=1S/C19H21N3O2.HI/c1-3-14-24-16-10-8-15(9-11-16)12-13-21-19(20)22-17-6-4-5-7-18(17)23-2;/h1,4-11H,12-14H2,2H3,(H3,20,21,22);1H. The summed E-state index contributed by atoms with van der Waals surface area (Å²) in [6, 6.07) is 15.3. The highest BCUT2D eigenvalue weighted by molar-refractivity contribution is 14.0. The van der Waals surface area contributed by atoms with E-state index in [0.717, 1.165) is 29.2 Å². The Morgan fingerprint density at radius 1 is 1.20 bits per heavy atom. The molecule has 0 aromatic heterocycles. The quantitative estimate of drug-likeness (QED) is 0.294. The Kier molecular flexibility index (Phi) is 9.25. The van der Waals surface area contributed by atoms with Gasteiger partial charge in [-0.2, -0.15) is 0 Å². The fourth-order valence-electron chi connectivity index (χ4n) is 2.11. The number of guanidine groups is 1. The van der Waals surface area contributed by atoms with E-state index in [4.69, 9.17) is 21.6 Å². The summed E-state index contributed by atoms with van der Waals surface area (Å²) in [6.45, 7) is 0.854. The van der Waals surface area contributed by atoms with Crippen LogP contribution in [0.4, 0.5) is 5.69 Å². The third-order valence-corrected chi connectivity index (χ3v) is 3.30. The van der Waals surface area contributed by atoms with Crippen LogP contribution in [0.5, 0.6) is 11.5 Å². The number of benzene rings is 2. The number of nitrogens with one attached hydrogen (secondary N) is 1. The van der Waals surface area contributed by atoms with E-state index in [9.17, 15) is 0 Å². The molecule has 132 valence electrons. The Bertz CT molecular complexity index is 724. The highest BCUT2D eigenvalue weighted by Crippen LogP contribution is 2.22. The molecular formula is C19H22IN3O2. The maximum absolute atomic E-state index is 5.92. The van der Waals surface area contributed by atoms with Gasteiger partial charge >= 0.3 is 0 Å². The second-order valence-electron chi connectivity index (χ2n) is 4.98. The third-order valence-electron chi connectivity index (χ3n) is 3.30. The van der Waals surface area contributed by atoms with Gasteiger partial charge in [0.05, 0.1) is 12.8 Å². The molecule has 3 N–H and O–H groups in total. The van der Waals surface area contributed by atoms with Crippen molar-refractivity contribution in [2.24, 2.45) is 10.7 Å². The van der Waals surface area contributed by atoms with E-state index >= 15 is 0 Å². The first-order chi connectivity index (χ1) is 11.7. The molecule has 0 atom stereocenters. The Morgan fingerprint density at radius 2 is 1.92 bits per heavy atom. The van der Waals surface area contributed by atoms with Crippen LogP contribution in [0.3, 0.4) is 0 Å². The number of ether oxygens (including phenoxy) is 2. The summed E-state index contributed by atoms with van der Waals surface area (Å²) in [7, 11) is 1.62. The van der Waals surface area contributed by atoms with E-state index in [1.54, 1.807) is 7.11 Å². The van der Waals surface area contributed by atoms with Crippen molar-refractivity contribution in [1.82, 2.24) is 0 Å². The average molecular weight is 451 g/mol. The van der Waals surface area contributed by atoms with Crippen molar-refractivity contribution in [2.75, 3.05) is 25.6 Å². The van der Waals surface area contributed by atoms with Gasteiger partial charge in [0, 0.05) is 6.54 Å². The Hall–Kier alpha value is -2.40. The van der Waals surface area contributed by atoms with Crippen molar-refractivity contribution < 1.29 is 9.47 Å². The van der Waals surface area contributed by atoms with Crippen LogP contribution < -0.4 is 20.5 Å². The van der Waals surface area contributed by atoms with Gasteiger partial charge in [-0.05, 0) is 36.2 Å². The lowest BCUT2D eigenvalue weighted by Crippen LogP contribution is -2.23. The number of rotatable bonds is 7. The fraction of sp³-hybridized carbons (Fsp3) is 0.211. The number of nitrogens with zero attached hydrogens (tertiary/aromatic N) is 1. The van der Waals surface area contributed by atoms with Gasteiger partial charge in [-0.1, -0.05) is 30.2 Å². The van der Waals surface area contributed by atoms with Gasteiger partial charge in [-0.15, -0.1) is 30.4 Å². The first-order valence-electron chi connectivity index (χ1n) is 7.58. The van der Waals surface area contributed by atoms with E-state index in [-0.39, 0.29) is 30.6 Å². The lowest BCUT2D eigenvalue weighted by atomic mass is 10.1. The number of hydrogen-bond acceptors (Lipinski definition) is 3. The minimum atomic E-state index is 0. The number of anilines is 1. The van der Waals surface area contributed by atoms with Gasteiger partial charge in [-0.3, -0.25) is 4.99 Å². The van der Waals surface area contributed by atoms with Crippen molar-refractivity contribution in [3.8, 4) is 23.8 Å². The molecule has 5 nitrogen and oxygen atoms in total. The number of halogens is 1. The summed E-state index contributed by atoms with van der Waals surface area (Å²) in [5.74, 6) is 4.27. The summed E-state index contributed by atoms with van der Waals surface area (Å²) >= 11 is 0. The zero-order valence-corrected chi connectivity index (χ0v) is 16.4. The van der Waals surface area contributed by atoms with Gasteiger partial charge in [0.2, 0.25) is 0 Å². The average Bonchev–Trinajstić information content (AvgIpc) is 2.61. The zero-order valence-electron chi connectivity index (χ0n) is 14.1. The monoisotopic (exact) mass is 451 g/mol. The molecule has 2 aromatic carbocycles.